The first kappa shape index (κ1) is 14.9. The summed E-state index contributed by atoms with van der Waals surface area (Å²) < 4.78 is 5.22. The fourth-order valence-corrected chi connectivity index (χ4v) is 1.76. The van der Waals surface area contributed by atoms with Gasteiger partial charge in [0.1, 0.15) is 23.0 Å². The Bertz CT molecular complexity index is 376. The maximum absolute atomic E-state index is 9.18. The highest BCUT2D eigenvalue weighted by Gasteiger charge is 2.34. The van der Waals surface area contributed by atoms with Gasteiger partial charge in [0.05, 0.1) is 12.0 Å². The van der Waals surface area contributed by atoms with Gasteiger partial charge < -0.3 is 0 Å². The summed E-state index contributed by atoms with van der Waals surface area (Å²) in [6.07, 6.45) is 16.5. The van der Waals surface area contributed by atoms with Crippen LogP contribution in [0.2, 0.25) is 0 Å². The molecule has 0 rings (SSSR count). The lowest BCUT2D eigenvalue weighted by atomic mass is 9.85. The molecule has 2 atom stereocenters. The van der Waals surface area contributed by atoms with E-state index in [2.05, 4.69) is 23.8 Å². The van der Waals surface area contributed by atoms with E-state index in [1.165, 1.54) is 0 Å². The molecule has 16 heavy (non-hydrogen) atoms. The van der Waals surface area contributed by atoms with Crippen LogP contribution in [0.1, 0.15) is 19.8 Å². The lowest BCUT2D eigenvalue weighted by molar-refractivity contribution is 0.150. The van der Waals surface area contributed by atoms with Crippen molar-refractivity contribution in [3.8, 4) is 43.1 Å². The molecule has 82 valence electrons. The van der Waals surface area contributed by atoms with E-state index in [-0.39, 0.29) is 5.92 Å². The van der Waals surface area contributed by atoms with Crippen LogP contribution in [0.5, 0.6) is 0 Å². The number of hydrogen-bond acceptors (Lipinski definition) is 2. The molecule has 0 aromatic rings. The van der Waals surface area contributed by atoms with Crippen molar-refractivity contribution in [2.45, 2.75) is 25.4 Å². The van der Waals surface area contributed by atoms with Crippen LogP contribution in [-0.4, -0.2) is 5.60 Å². The van der Waals surface area contributed by atoms with Gasteiger partial charge in [0, 0.05) is 18.8 Å². The topological polar surface area (TPSA) is 33.0 Å². The van der Waals surface area contributed by atoms with Crippen molar-refractivity contribution in [3.05, 3.63) is 0 Å². The lowest BCUT2D eigenvalue weighted by Gasteiger charge is -2.25. The molecule has 0 aliphatic heterocycles. The molecule has 0 bridgehead atoms. The summed E-state index contributed by atoms with van der Waals surface area (Å²) in [5, 5.41) is 9.18. The SMILES string of the molecule is C#CC(C)CC(C#N)(CC(C#C)C#C)OI. The molecule has 3 heteroatoms. The smallest absolute Gasteiger partial charge is 0.169 e. The van der Waals surface area contributed by atoms with Crippen molar-refractivity contribution in [2.24, 2.45) is 11.8 Å². The largest absolute Gasteiger partial charge is 0.294 e. The number of nitrogens with zero attached hydrogens (tertiary/aromatic N) is 1. The van der Waals surface area contributed by atoms with E-state index in [1.807, 2.05) is 6.92 Å². The highest BCUT2D eigenvalue weighted by Crippen LogP contribution is 2.30. The van der Waals surface area contributed by atoms with Crippen molar-refractivity contribution < 1.29 is 3.07 Å². The minimum atomic E-state index is -1.00. The third-order valence-corrected chi connectivity index (χ3v) is 3.05. The molecule has 0 aromatic heterocycles. The third kappa shape index (κ3) is 4.16. The standard InChI is InChI=1S/C13H12INO/c1-5-11(4)8-13(10-15,16-14)9-12(6-2)7-3/h1-3,11-12H,8-9H2,4H3. The van der Waals surface area contributed by atoms with Gasteiger partial charge in [-0.1, -0.05) is 18.8 Å². The molecular weight excluding hydrogens is 313 g/mol. The highest BCUT2D eigenvalue weighted by molar-refractivity contribution is 14.1. The quantitative estimate of drug-likeness (QED) is 0.575. The summed E-state index contributed by atoms with van der Waals surface area (Å²) >= 11 is 1.69. The van der Waals surface area contributed by atoms with E-state index < -0.39 is 11.5 Å². The molecule has 0 N–H and O–H groups in total. The van der Waals surface area contributed by atoms with Crippen LogP contribution in [0.3, 0.4) is 0 Å². The van der Waals surface area contributed by atoms with Gasteiger partial charge in [0.2, 0.25) is 0 Å². The van der Waals surface area contributed by atoms with Crippen molar-refractivity contribution in [1.82, 2.24) is 0 Å². The van der Waals surface area contributed by atoms with E-state index in [9.17, 15) is 5.26 Å². The highest BCUT2D eigenvalue weighted by atomic mass is 127. The molecule has 0 spiro atoms. The number of nitriles is 1. The Morgan fingerprint density at radius 3 is 2.12 bits per heavy atom. The van der Waals surface area contributed by atoms with Gasteiger partial charge in [-0.3, -0.25) is 3.07 Å². The Hall–Kier alpha value is -1.14. The average Bonchev–Trinajstić information content (AvgIpc) is 2.34. The zero-order valence-corrected chi connectivity index (χ0v) is 11.2. The molecule has 0 saturated carbocycles. The molecule has 0 aliphatic rings. The molecule has 2 nitrogen and oxygen atoms in total. The van der Waals surface area contributed by atoms with Gasteiger partial charge >= 0.3 is 0 Å². The van der Waals surface area contributed by atoms with Crippen LogP contribution < -0.4 is 0 Å². The zero-order valence-electron chi connectivity index (χ0n) is 9.03. The van der Waals surface area contributed by atoms with Crippen LogP contribution in [-0.2, 0) is 3.07 Å². The molecule has 0 aliphatic carbocycles. The Kier molecular flexibility index (Phi) is 6.67. The van der Waals surface area contributed by atoms with Crippen molar-refractivity contribution in [2.75, 3.05) is 0 Å². The van der Waals surface area contributed by atoms with E-state index in [0.29, 0.717) is 12.8 Å². The number of hydrogen-bond donors (Lipinski definition) is 0. The summed E-state index contributed by atoms with van der Waals surface area (Å²) in [5.41, 5.74) is -1.00. The van der Waals surface area contributed by atoms with E-state index in [4.69, 9.17) is 22.3 Å². The van der Waals surface area contributed by atoms with Crippen LogP contribution in [0, 0.1) is 60.2 Å². The minimum Gasteiger partial charge on any atom is -0.294 e. The summed E-state index contributed by atoms with van der Waals surface area (Å²) in [6.45, 7) is 1.85. The maximum Gasteiger partial charge on any atom is 0.169 e. The average molecular weight is 325 g/mol. The fourth-order valence-electron chi connectivity index (χ4n) is 1.30. The van der Waals surface area contributed by atoms with Crippen LogP contribution >= 0.6 is 23.0 Å². The summed E-state index contributed by atoms with van der Waals surface area (Å²) in [5.74, 6) is 6.97. The Labute approximate surface area is 111 Å². The second kappa shape index (κ2) is 7.19. The summed E-state index contributed by atoms with van der Waals surface area (Å²) in [7, 11) is 0. The molecule has 0 aromatic carbocycles. The van der Waals surface area contributed by atoms with E-state index >= 15 is 0 Å². The molecule has 0 saturated heterocycles. The Balaban J connectivity index is 4.87. The lowest BCUT2D eigenvalue weighted by Crippen LogP contribution is -2.32. The number of terminal acetylenes is 3. The molecule has 0 radical (unpaired) electrons. The Morgan fingerprint density at radius 2 is 1.81 bits per heavy atom. The zero-order chi connectivity index (χ0) is 12.6. The molecular formula is C13H12INO. The first-order valence-electron chi connectivity index (χ1n) is 4.67. The number of rotatable bonds is 5. The Morgan fingerprint density at radius 1 is 1.25 bits per heavy atom. The molecule has 0 fully saturated rings. The maximum atomic E-state index is 9.18. The van der Waals surface area contributed by atoms with Gasteiger partial charge in [-0.25, -0.2) is 0 Å². The van der Waals surface area contributed by atoms with Crippen LogP contribution in [0.15, 0.2) is 0 Å². The van der Waals surface area contributed by atoms with Crippen molar-refractivity contribution in [3.63, 3.8) is 0 Å². The minimum absolute atomic E-state index is 0.0642. The number of halogens is 1. The second-order valence-electron chi connectivity index (χ2n) is 3.55. The van der Waals surface area contributed by atoms with Crippen molar-refractivity contribution >= 4 is 23.0 Å². The first-order chi connectivity index (χ1) is 7.57. The van der Waals surface area contributed by atoms with E-state index in [0.717, 1.165) is 0 Å². The van der Waals surface area contributed by atoms with Gasteiger partial charge in [-0.15, -0.1) is 25.2 Å². The van der Waals surface area contributed by atoms with Gasteiger partial charge in [0.25, 0.3) is 0 Å². The first-order valence-corrected chi connectivity index (χ1v) is 5.55. The van der Waals surface area contributed by atoms with Gasteiger partial charge in [-0.2, -0.15) is 5.26 Å². The van der Waals surface area contributed by atoms with Crippen molar-refractivity contribution in [1.29, 1.82) is 5.26 Å². The molecule has 0 heterocycles. The predicted molar refractivity (Wildman–Crippen MR) is 71.8 cm³/mol. The summed E-state index contributed by atoms with van der Waals surface area (Å²) in [6, 6.07) is 2.11. The molecule has 2 unspecified atom stereocenters. The fraction of sp³-hybridized carbons (Fsp3) is 0.462. The normalized spacial score (nSPS) is 14.9. The van der Waals surface area contributed by atoms with Gasteiger partial charge in [0.15, 0.2) is 5.60 Å². The monoisotopic (exact) mass is 325 g/mol. The summed E-state index contributed by atoms with van der Waals surface area (Å²) in [4.78, 5) is 0. The van der Waals surface area contributed by atoms with E-state index in [1.54, 1.807) is 23.0 Å². The third-order valence-electron chi connectivity index (χ3n) is 2.21. The van der Waals surface area contributed by atoms with Crippen LogP contribution in [0.4, 0.5) is 0 Å². The second-order valence-corrected chi connectivity index (χ2v) is 3.99. The molecule has 0 amide bonds. The van der Waals surface area contributed by atoms with Gasteiger partial charge in [-0.05, 0) is 0 Å². The predicted octanol–water partition coefficient (Wildman–Crippen LogP) is 2.55. The van der Waals surface area contributed by atoms with Crippen LogP contribution in [0.25, 0.3) is 0 Å².